The van der Waals surface area contributed by atoms with Gasteiger partial charge in [-0.3, -0.25) is 9.35 Å². The van der Waals surface area contributed by atoms with Crippen LogP contribution in [-0.2, 0) is 14.9 Å². The van der Waals surface area contributed by atoms with Gasteiger partial charge in [-0.15, -0.1) is 0 Å². The number of aryl methyl sites for hydroxylation is 1. The number of carbonyl (C=O) groups is 1. The molecule has 108 valence electrons. The summed E-state index contributed by atoms with van der Waals surface area (Å²) in [6, 6.07) is 5.78. The van der Waals surface area contributed by atoms with Crippen LogP contribution >= 0.6 is 0 Å². The van der Waals surface area contributed by atoms with Crippen LogP contribution in [0.5, 0.6) is 0 Å². The molecule has 4 N–H and O–H groups in total. The Morgan fingerprint density at radius 2 is 2.05 bits per heavy atom. The Labute approximate surface area is 117 Å². The topological polar surface area (TPSA) is 109 Å². The molecule has 1 aromatic rings. The van der Waals surface area contributed by atoms with Crippen molar-refractivity contribution in [1.29, 1.82) is 0 Å². The molecule has 7 heteroatoms. The molecule has 0 fully saturated rings. The van der Waals surface area contributed by atoms with E-state index in [2.05, 4.69) is 5.32 Å². The van der Waals surface area contributed by atoms with Gasteiger partial charge < -0.3 is 11.1 Å². The highest BCUT2D eigenvalue weighted by atomic mass is 32.2. The maximum atomic E-state index is 10.5. The Bertz CT molecular complexity index is 636. The predicted molar refractivity (Wildman–Crippen MR) is 75.4 cm³/mol. The number of nitrogens with one attached hydrogen (secondary N) is 1. The zero-order valence-electron chi connectivity index (χ0n) is 10.9. The second kappa shape index (κ2) is 6.88. The van der Waals surface area contributed by atoms with E-state index in [0.717, 1.165) is 5.56 Å². The van der Waals surface area contributed by atoms with E-state index < -0.39 is 10.1 Å². The number of dihydropyridines is 1. The normalized spacial score (nSPS) is 16.8. The molecule has 1 aliphatic heterocycles. The first-order chi connectivity index (χ1) is 9.30. The molecule has 0 aromatic heterocycles. The minimum Gasteiger partial charge on any atom is -0.377 e. The molecule has 0 radical (unpaired) electrons. The largest absolute Gasteiger partial charge is 0.377 e. The molecular formula is C13H16N2O4S. The average molecular weight is 296 g/mol. The molecular weight excluding hydrogens is 280 g/mol. The van der Waals surface area contributed by atoms with Crippen LogP contribution in [0.15, 0.2) is 53.6 Å². The minimum atomic E-state index is -4.03. The lowest BCUT2D eigenvalue weighted by Crippen LogP contribution is -2.37. The number of benzene rings is 1. The van der Waals surface area contributed by atoms with Crippen LogP contribution in [-0.4, -0.2) is 24.9 Å². The molecule has 0 spiro atoms. The van der Waals surface area contributed by atoms with E-state index in [1.807, 2.05) is 0 Å². The van der Waals surface area contributed by atoms with E-state index >= 15 is 0 Å². The molecule has 0 saturated heterocycles. The van der Waals surface area contributed by atoms with Crippen molar-refractivity contribution >= 4 is 16.0 Å². The van der Waals surface area contributed by atoms with Crippen LogP contribution in [0.25, 0.3) is 0 Å². The third kappa shape index (κ3) is 5.25. The number of carbonyl (C=O) groups excluding carboxylic acids is 1. The molecule has 1 unspecified atom stereocenters. The maximum absolute atomic E-state index is 10.5. The lowest BCUT2D eigenvalue weighted by atomic mass is 10.2. The molecule has 6 nitrogen and oxygen atoms in total. The molecule has 1 amide bonds. The highest BCUT2D eigenvalue weighted by molar-refractivity contribution is 7.85. The second-order valence-electron chi connectivity index (χ2n) is 4.08. The van der Waals surface area contributed by atoms with Crippen molar-refractivity contribution in [1.82, 2.24) is 5.32 Å². The fraction of sp³-hybridized carbons (Fsp3) is 0.154. The number of hydrogen-bond donors (Lipinski definition) is 3. The quantitative estimate of drug-likeness (QED) is 0.698. The third-order valence-corrected chi connectivity index (χ3v) is 3.23. The van der Waals surface area contributed by atoms with Gasteiger partial charge in [0.05, 0.1) is 4.90 Å². The zero-order chi connectivity index (χ0) is 15.2. The monoisotopic (exact) mass is 296 g/mol. The Balaban J connectivity index is 0.000000204. The Hall–Kier alpha value is -2.12. The number of allylic oxidation sites excluding steroid dienone is 2. The van der Waals surface area contributed by atoms with Gasteiger partial charge in [0.1, 0.15) is 6.04 Å². The Morgan fingerprint density at radius 3 is 2.40 bits per heavy atom. The van der Waals surface area contributed by atoms with Gasteiger partial charge >= 0.3 is 0 Å². The summed E-state index contributed by atoms with van der Waals surface area (Å²) in [6.07, 6.45) is 6.99. The van der Waals surface area contributed by atoms with Crippen molar-refractivity contribution in [2.45, 2.75) is 17.9 Å². The first-order valence-electron chi connectivity index (χ1n) is 5.73. The first-order valence-corrected chi connectivity index (χ1v) is 7.17. The Morgan fingerprint density at radius 1 is 1.35 bits per heavy atom. The van der Waals surface area contributed by atoms with Crippen molar-refractivity contribution < 1.29 is 17.8 Å². The van der Waals surface area contributed by atoms with Crippen LogP contribution in [0, 0.1) is 6.92 Å². The van der Waals surface area contributed by atoms with Crippen LogP contribution < -0.4 is 11.1 Å². The van der Waals surface area contributed by atoms with Crippen LogP contribution in [0.4, 0.5) is 0 Å². The molecule has 1 aliphatic rings. The Kier molecular flexibility index (Phi) is 5.48. The van der Waals surface area contributed by atoms with Crippen molar-refractivity contribution in [2.24, 2.45) is 5.73 Å². The molecule has 0 bridgehead atoms. The van der Waals surface area contributed by atoms with E-state index in [4.69, 9.17) is 10.3 Å². The molecule has 2 rings (SSSR count). The number of primary amides is 1. The fourth-order valence-electron chi connectivity index (χ4n) is 1.40. The summed E-state index contributed by atoms with van der Waals surface area (Å²) < 4.78 is 29.7. The molecule has 1 atom stereocenters. The van der Waals surface area contributed by atoms with E-state index in [-0.39, 0.29) is 16.8 Å². The number of hydrogen-bond acceptors (Lipinski definition) is 4. The summed E-state index contributed by atoms with van der Waals surface area (Å²) in [5, 5.41) is 2.78. The van der Waals surface area contributed by atoms with Gasteiger partial charge in [0, 0.05) is 0 Å². The molecule has 20 heavy (non-hydrogen) atoms. The van der Waals surface area contributed by atoms with Crippen LogP contribution in [0.1, 0.15) is 5.56 Å². The van der Waals surface area contributed by atoms with E-state index in [0.29, 0.717) is 0 Å². The van der Waals surface area contributed by atoms with Gasteiger partial charge in [-0.05, 0) is 36.9 Å². The molecule has 0 saturated carbocycles. The summed E-state index contributed by atoms with van der Waals surface area (Å²) in [4.78, 5) is 10.4. The van der Waals surface area contributed by atoms with Gasteiger partial charge in [0.15, 0.2) is 0 Å². The van der Waals surface area contributed by atoms with Crippen molar-refractivity contribution in [3.63, 3.8) is 0 Å². The summed E-state index contributed by atoms with van der Waals surface area (Å²) >= 11 is 0. The van der Waals surface area contributed by atoms with Gasteiger partial charge in [-0.1, -0.05) is 24.3 Å². The summed E-state index contributed by atoms with van der Waals surface area (Å²) in [5.74, 6) is -0.351. The SMILES string of the molecule is Cc1cccc(S(=O)(=O)O)c1.NC(=O)C1C=CC=CN1. The van der Waals surface area contributed by atoms with Crippen LogP contribution in [0.2, 0.25) is 0 Å². The van der Waals surface area contributed by atoms with Gasteiger partial charge in [-0.25, -0.2) is 0 Å². The van der Waals surface area contributed by atoms with Crippen molar-refractivity contribution in [2.75, 3.05) is 0 Å². The number of rotatable bonds is 2. The average Bonchev–Trinajstić information content (AvgIpc) is 2.39. The number of amides is 1. The minimum absolute atomic E-state index is 0.0579. The number of nitrogens with two attached hydrogens (primary N) is 1. The van der Waals surface area contributed by atoms with Gasteiger partial charge in [0.25, 0.3) is 10.1 Å². The van der Waals surface area contributed by atoms with Crippen molar-refractivity contribution in [3.05, 3.63) is 54.3 Å². The van der Waals surface area contributed by atoms with E-state index in [1.54, 1.807) is 43.5 Å². The summed E-state index contributed by atoms with van der Waals surface area (Å²) in [5.41, 5.74) is 5.79. The maximum Gasteiger partial charge on any atom is 0.294 e. The smallest absolute Gasteiger partial charge is 0.294 e. The molecule has 1 heterocycles. The second-order valence-corrected chi connectivity index (χ2v) is 5.50. The zero-order valence-corrected chi connectivity index (χ0v) is 11.7. The standard InChI is InChI=1S/C7H8O3S.C6H8N2O/c1-6-3-2-4-7(5-6)11(8,9)10;7-6(9)5-3-1-2-4-8-5/h2-5H,1H3,(H,8,9,10);1-5,8H,(H2,7,9). The predicted octanol–water partition coefficient (Wildman–Crippen LogP) is 0.755. The summed E-state index contributed by atoms with van der Waals surface area (Å²) in [7, 11) is -4.03. The van der Waals surface area contributed by atoms with Gasteiger partial charge in [-0.2, -0.15) is 8.42 Å². The fourth-order valence-corrected chi connectivity index (χ4v) is 1.98. The molecule has 1 aromatic carbocycles. The molecule has 0 aliphatic carbocycles. The van der Waals surface area contributed by atoms with Crippen molar-refractivity contribution in [3.8, 4) is 0 Å². The van der Waals surface area contributed by atoms with E-state index in [9.17, 15) is 13.2 Å². The highest BCUT2D eigenvalue weighted by Gasteiger charge is 2.08. The van der Waals surface area contributed by atoms with E-state index in [1.165, 1.54) is 12.1 Å². The highest BCUT2D eigenvalue weighted by Crippen LogP contribution is 2.09. The lowest BCUT2D eigenvalue weighted by Gasteiger charge is -2.10. The summed E-state index contributed by atoms with van der Waals surface area (Å²) in [6.45, 7) is 1.76. The first kappa shape index (κ1) is 15.9. The third-order valence-electron chi connectivity index (χ3n) is 2.38. The lowest BCUT2D eigenvalue weighted by molar-refractivity contribution is -0.118. The van der Waals surface area contributed by atoms with Crippen LogP contribution in [0.3, 0.4) is 0 Å². The van der Waals surface area contributed by atoms with Gasteiger partial charge in [0.2, 0.25) is 5.91 Å².